The molecule has 2 aromatic carbocycles. The average molecular weight is 492 g/mol. The summed E-state index contributed by atoms with van der Waals surface area (Å²) >= 11 is 1.20. The number of nitrogens with zero attached hydrogens (tertiary/aromatic N) is 3. The first-order valence-electron chi connectivity index (χ1n) is 11.1. The molecule has 10 heteroatoms. The highest BCUT2D eigenvalue weighted by Crippen LogP contribution is 2.25. The molecule has 2 heterocycles. The van der Waals surface area contributed by atoms with Crippen LogP contribution in [0.4, 0.5) is 4.79 Å². The lowest BCUT2D eigenvalue weighted by atomic mass is 10.1. The molecule has 0 atom stereocenters. The molecule has 0 aliphatic heterocycles. The van der Waals surface area contributed by atoms with E-state index in [2.05, 4.69) is 20.8 Å². The summed E-state index contributed by atoms with van der Waals surface area (Å²) in [6.45, 7) is 2.70. The summed E-state index contributed by atoms with van der Waals surface area (Å²) in [5.41, 5.74) is 1.94. The molecule has 0 radical (unpaired) electrons. The number of benzene rings is 2. The maximum absolute atomic E-state index is 12.4. The van der Waals surface area contributed by atoms with Gasteiger partial charge in [-0.25, -0.2) is 4.79 Å². The molecule has 2 N–H and O–H groups in total. The molecule has 4 rings (SSSR count). The van der Waals surface area contributed by atoms with Crippen LogP contribution in [0, 0.1) is 0 Å². The van der Waals surface area contributed by atoms with Gasteiger partial charge in [0.1, 0.15) is 17.3 Å². The average Bonchev–Trinajstić information content (AvgIpc) is 3.53. The third-order valence-electron chi connectivity index (χ3n) is 4.90. The van der Waals surface area contributed by atoms with E-state index in [0.717, 1.165) is 22.8 Å². The summed E-state index contributed by atoms with van der Waals surface area (Å²) in [5.74, 6) is 1.64. The molecular weight excluding hydrogens is 466 g/mol. The van der Waals surface area contributed by atoms with E-state index < -0.39 is 11.9 Å². The highest BCUT2D eigenvalue weighted by Gasteiger charge is 2.17. The molecule has 0 unspecified atom stereocenters. The van der Waals surface area contributed by atoms with Crippen LogP contribution < -0.4 is 15.4 Å². The number of ether oxygens (including phenoxy) is 1. The normalized spacial score (nSPS) is 10.7. The predicted octanol–water partition coefficient (Wildman–Crippen LogP) is 3.97. The number of nitrogens with one attached hydrogen (secondary N) is 2. The van der Waals surface area contributed by atoms with E-state index in [0.29, 0.717) is 23.9 Å². The van der Waals surface area contributed by atoms with Crippen molar-refractivity contribution in [1.82, 2.24) is 25.4 Å². The number of imide groups is 1. The zero-order chi connectivity index (χ0) is 24.5. The number of thioether (sulfide) groups is 1. The molecule has 0 aliphatic rings. The minimum atomic E-state index is -0.593. The number of amides is 3. The third kappa shape index (κ3) is 6.73. The van der Waals surface area contributed by atoms with Gasteiger partial charge in [-0.2, -0.15) is 0 Å². The Morgan fingerprint density at radius 1 is 1.03 bits per heavy atom. The van der Waals surface area contributed by atoms with Crippen LogP contribution in [0.1, 0.15) is 24.1 Å². The lowest BCUT2D eigenvalue weighted by molar-refractivity contribution is -0.117. The highest BCUT2D eigenvalue weighted by molar-refractivity contribution is 7.99. The Labute approximate surface area is 206 Å². The lowest BCUT2D eigenvalue weighted by Crippen LogP contribution is -2.39. The van der Waals surface area contributed by atoms with E-state index in [1.165, 1.54) is 18.0 Å². The summed E-state index contributed by atoms with van der Waals surface area (Å²) in [7, 11) is 0. The molecular formula is C25H25N5O4S. The summed E-state index contributed by atoms with van der Waals surface area (Å²) < 4.78 is 12.6. The van der Waals surface area contributed by atoms with E-state index in [4.69, 9.17) is 9.15 Å². The first-order valence-corrected chi connectivity index (χ1v) is 12.0. The summed E-state index contributed by atoms with van der Waals surface area (Å²) in [5, 5.41) is 14.1. The summed E-state index contributed by atoms with van der Waals surface area (Å²) in [6.07, 6.45) is 2.09. The van der Waals surface area contributed by atoms with Gasteiger partial charge in [0, 0.05) is 12.1 Å². The van der Waals surface area contributed by atoms with E-state index in [1.807, 2.05) is 66.1 Å². The van der Waals surface area contributed by atoms with E-state index in [1.54, 1.807) is 12.1 Å². The van der Waals surface area contributed by atoms with Gasteiger partial charge < -0.3 is 14.5 Å². The van der Waals surface area contributed by atoms with Crippen LogP contribution in [0.5, 0.6) is 5.75 Å². The number of urea groups is 1. The van der Waals surface area contributed by atoms with Crippen LogP contribution in [-0.2, 0) is 17.8 Å². The van der Waals surface area contributed by atoms with Crippen molar-refractivity contribution in [1.29, 1.82) is 0 Å². The minimum absolute atomic E-state index is 0.00529. The molecule has 0 saturated heterocycles. The fourth-order valence-electron chi connectivity index (χ4n) is 3.32. The highest BCUT2D eigenvalue weighted by atomic mass is 32.2. The number of carbonyl (C=O) groups excluding carboxylic acids is 2. The van der Waals surface area contributed by atoms with Gasteiger partial charge in [-0.1, -0.05) is 42.1 Å². The van der Waals surface area contributed by atoms with Gasteiger partial charge in [-0.05, 0) is 48.9 Å². The Hall–Kier alpha value is -4.05. The molecule has 0 bridgehead atoms. The predicted molar refractivity (Wildman–Crippen MR) is 132 cm³/mol. The van der Waals surface area contributed by atoms with Crippen LogP contribution in [0.15, 0.2) is 82.6 Å². The molecule has 35 heavy (non-hydrogen) atoms. The van der Waals surface area contributed by atoms with Crippen molar-refractivity contribution in [2.45, 2.75) is 25.0 Å². The van der Waals surface area contributed by atoms with Crippen LogP contribution in [0.2, 0.25) is 0 Å². The number of aromatic nitrogens is 3. The zero-order valence-corrected chi connectivity index (χ0v) is 20.0. The number of carbonyl (C=O) groups is 2. The van der Waals surface area contributed by atoms with Gasteiger partial charge in [-0.15, -0.1) is 10.2 Å². The van der Waals surface area contributed by atoms with Crippen molar-refractivity contribution < 1.29 is 18.7 Å². The molecule has 2 aromatic heterocycles. The molecule has 0 saturated carbocycles. The molecule has 0 fully saturated rings. The van der Waals surface area contributed by atoms with E-state index >= 15 is 0 Å². The van der Waals surface area contributed by atoms with E-state index in [9.17, 15) is 9.59 Å². The van der Waals surface area contributed by atoms with Gasteiger partial charge in [0.25, 0.3) is 0 Å². The van der Waals surface area contributed by atoms with Gasteiger partial charge >= 0.3 is 6.03 Å². The second kappa shape index (κ2) is 11.9. The molecule has 180 valence electrons. The lowest BCUT2D eigenvalue weighted by Gasteiger charge is -2.11. The largest absolute Gasteiger partial charge is 0.494 e. The van der Waals surface area contributed by atoms with Gasteiger partial charge in [0.15, 0.2) is 5.16 Å². The SMILES string of the molecule is CCOc1ccc(-n2c(Cc3ccccc3)nnc2SCC(=O)NC(=O)NCc2ccco2)cc1. The maximum Gasteiger partial charge on any atom is 0.321 e. The smallest absolute Gasteiger partial charge is 0.321 e. The van der Waals surface area contributed by atoms with Crippen molar-refractivity contribution >= 4 is 23.7 Å². The Morgan fingerprint density at radius 3 is 2.54 bits per heavy atom. The third-order valence-corrected chi connectivity index (χ3v) is 5.83. The van der Waals surface area contributed by atoms with Crippen molar-refractivity contribution in [3.05, 3.63) is 90.1 Å². The topological polar surface area (TPSA) is 111 Å². The fourth-order valence-corrected chi connectivity index (χ4v) is 4.09. The molecule has 0 aliphatic carbocycles. The van der Waals surface area contributed by atoms with Crippen molar-refractivity contribution in [3.63, 3.8) is 0 Å². The number of rotatable bonds is 10. The first kappa shape index (κ1) is 24.1. The first-order chi connectivity index (χ1) is 17.1. The number of hydrogen-bond acceptors (Lipinski definition) is 7. The number of furan rings is 1. The van der Waals surface area contributed by atoms with Crippen LogP contribution in [0.25, 0.3) is 5.69 Å². The number of hydrogen-bond donors (Lipinski definition) is 2. The standard InChI is InChI=1S/C25H25N5O4S/c1-2-33-20-12-10-19(11-13-20)30-22(15-18-7-4-3-5-8-18)28-29-25(30)35-17-23(31)27-24(32)26-16-21-9-6-14-34-21/h3-14H,2,15-17H2,1H3,(H2,26,27,31,32). The molecule has 4 aromatic rings. The molecule has 9 nitrogen and oxygen atoms in total. The Kier molecular flexibility index (Phi) is 8.18. The Morgan fingerprint density at radius 2 is 1.83 bits per heavy atom. The van der Waals surface area contributed by atoms with Crippen molar-refractivity contribution in [3.8, 4) is 11.4 Å². The van der Waals surface area contributed by atoms with E-state index in [-0.39, 0.29) is 12.3 Å². The van der Waals surface area contributed by atoms with Crippen molar-refractivity contribution in [2.24, 2.45) is 0 Å². The zero-order valence-electron chi connectivity index (χ0n) is 19.1. The second-order valence-electron chi connectivity index (χ2n) is 7.42. The van der Waals surface area contributed by atoms with Crippen molar-refractivity contribution in [2.75, 3.05) is 12.4 Å². The Balaban J connectivity index is 1.45. The second-order valence-corrected chi connectivity index (χ2v) is 8.36. The minimum Gasteiger partial charge on any atom is -0.494 e. The molecule has 3 amide bonds. The van der Waals surface area contributed by atoms with Gasteiger partial charge in [0.05, 0.1) is 25.2 Å². The quantitative estimate of drug-likeness (QED) is 0.323. The van der Waals surface area contributed by atoms with Crippen LogP contribution in [-0.4, -0.2) is 39.1 Å². The summed E-state index contributed by atoms with van der Waals surface area (Å²) in [6, 6.07) is 20.5. The van der Waals surface area contributed by atoms with Crippen LogP contribution in [0.3, 0.4) is 0 Å². The fraction of sp³-hybridized carbons (Fsp3) is 0.200. The summed E-state index contributed by atoms with van der Waals surface area (Å²) in [4.78, 5) is 24.4. The maximum atomic E-state index is 12.4. The van der Waals surface area contributed by atoms with Crippen LogP contribution >= 0.6 is 11.8 Å². The molecule has 0 spiro atoms. The van der Waals surface area contributed by atoms with Gasteiger partial charge in [0.2, 0.25) is 5.91 Å². The Bertz CT molecular complexity index is 1240. The van der Waals surface area contributed by atoms with Gasteiger partial charge in [-0.3, -0.25) is 14.7 Å². The monoisotopic (exact) mass is 491 g/mol.